The zero-order chi connectivity index (χ0) is 23.0. The van der Waals surface area contributed by atoms with Gasteiger partial charge in [0.15, 0.2) is 6.10 Å². The fraction of sp³-hybridized carbons (Fsp3) is 0.364. The number of rotatable bonds is 10. The van der Waals surface area contributed by atoms with Crippen molar-refractivity contribution in [3.05, 3.63) is 59.2 Å². The number of alkyl halides is 3. The Kier molecular flexibility index (Phi) is 8.42. The van der Waals surface area contributed by atoms with Crippen LogP contribution in [0.1, 0.15) is 42.1 Å². The number of nitrogens with one attached hydrogen (secondary N) is 1. The molecule has 0 bridgehead atoms. The summed E-state index contributed by atoms with van der Waals surface area (Å²) in [4.78, 5) is 11.2. The molecule has 0 saturated heterocycles. The first kappa shape index (κ1) is 24.2. The molecule has 0 amide bonds. The number of nitriles is 1. The quantitative estimate of drug-likeness (QED) is 0.535. The summed E-state index contributed by atoms with van der Waals surface area (Å²) in [6.07, 6.45) is -7.05. The van der Waals surface area contributed by atoms with Crippen LogP contribution in [0.5, 0.6) is 0 Å². The molecule has 0 radical (unpaired) electrons. The van der Waals surface area contributed by atoms with Gasteiger partial charge < -0.3 is 19.9 Å². The number of ether oxygens (including phenoxy) is 2. The van der Waals surface area contributed by atoms with E-state index in [0.29, 0.717) is 16.8 Å². The second kappa shape index (κ2) is 10.8. The number of aliphatic carboxylic acids is 1. The van der Waals surface area contributed by atoms with Gasteiger partial charge in [-0.05, 0) is 42.8 Å². The summed E-state index contributed by atoms with van der Waals surface area (Å²) in [5.74, 6) is -1.59. The molecule has 31 heavy (non-hydrogen) atoms. The molecule has 2 aromatic carbocycles. The Morgan fingerprint density at radius 2 is 1.90 bits per heavy atom. The Bertz CT molecular complexity index is 924. The number of methoxy groups -OCH3 is 1. The van der Waals surface area contributed by atoms with Gasteiger partial charge in [0, 0.05) is 36.6 Å². The molecule has 6 nitrogen and oxygen atoms in total. The molecule has 0 saturated carbocycles. The van der Waals surface area contributed by atoms with Crippen molar-refractivity contribution in [2.45, 2.75) is 31.5 Å². The summed E-state index contributed by atoms with van der Waals surface area (Å²) in [7, 11) is 1.42. The van der Waals surface area contributed by atoms with E-state index in [-0.39, 0.29) is 30.9 Å². The van der Waals surface area contributed by atoms with Crippen LogP contribution in [-0.4, -0.2) is 37.6 Å². The Morgan fingerprint density at radius 3 is 2.42 bits per heavy atom. The van der Waals surface area contributed by atoms with E-state index in [9.17, 15) is 23.1 Å². The molecule has 2 rings (SSSR count). The summed E-state index contributed by atoms with van der Waals surface area (Å²) in [6, 6.07) is 12.4. The standard InChI is InChI=1S/C22H23F3N2O4/c1-3-31-21(22(23,24)25)18-9-6-15(16(13-30-2)11-20(28)29)10-19(18)27-17-7-4-14(12-26)5-8-17/h4-10,16,21,27H,3,11,13H2,1-2H3,(H,28,29)/t16?,21-/m0/s1. The monoisotopic (exact) mass is 436 g/mol. The van der Waals surface area contributed by atoms with Crippen molar-refractivity contribution in [1.82, 2.24) is 0 Å². The van der Waals surface area contributed by atoms with E-state index in [4.69, 9.17) is 14.7 Å². The first-order valence-electron chi connectivity index (χ1n) is 9.49. The van der Waals surface area contributed by atoms with Crippen molar-refractivity contribution < 1.29 is 32.5 Å². The van der Waals surface area contributed by atoms with Gasteiger partial charge >= 0.3 is 12.1 Å². The van der Waals surface area contributed by atoms with Crippen LogP contribution in [0.3, 0.4) is 0 Å². The predicted molar refractivity (Wildman–Crippen MR) is 108 cm³/mol. The average Bonchev–Trinajstić information content (AvgIpc) is 2.71. The SMILES string of the molecule is CCO[C@@H](c1ccc(C(COC)CC(=O)O)cc1Nc1ccc(C#N)cc1)C(F)(F)F. The number of nitrogens with zero attached hydrogens (tertiary/aromatic N) is 1. The van der Waals surface area contributed by atoms with Gasteiger partial charge in [-0.15, -0.1) is 0 Å². The fourth-order valence-electron chi connectivity index (χ4n) is 3.16. The van der Waals surface area contributed by atoms with E-state index in [0.717, 1.165) is 0 Å². The maximum atomic E-state index is 13.7. The third-order valence-electron chi connectivity index (χ3n) is 4.54. The molecule has 0 aliphatic carbocycles. The fourth-order valence-corrected chi connectivity index (χ4v) is 3.16. The minimum absolute atomic E-state index is 0.0934. The number of halogens is 3. The molecule has 1 unspecified atom stereocenters. The zero-order valence-electron chi connectivity index (χ0n) is 17.1. The number of hydrogen-bond acceptors (Lipinski definition) is 5. The van der Waals surface area contributed by atoms with Crippen LogP contribution in [0.15, 0.2) is 42.5 Å². The Morgan fingerprint density at radius 1 is 1.23 bits per heavy atom. The highest BCUT2D eigenvalue weighted by molar-refractivity contribution is 5.69. The van der Waals surface area contributed by atoms with E-state index < -0.39 is 24.2 Å². The van der Waals surface area contributed by atoms with Crippen LogP contribution in [0.4, 0.5) is 24.5 Å². The molecular formula is C22H23F3N2O4. The van der Waals surface area contributed by atoms with E-state index in [1.807, 2.05) is 6.07 Å². The lowest BCUT2D eigenvalue weighted by atomic mass is 9.93. The number of benzene rings is 2. The number of hydrogen-bond donors (Lipinski definition) is 2. The smallest absolute Gasteiger partial charge is 0.418 e. The maximum Gasteiger partial charge on any atom is 0.418 e. The number of anilines is 2. The molecule has 9 heteroatoms. The molecule has 0 aromatic heterocycles. The summed E-state index contributed by atoms with van der Waals surface area (Å²) in [5, 5.41) is 21.1. The van der Waals surface area contributed by atoms with Gasteiger partial charge in [-0.2, -0.15) is 18.4 Å². The van der Waals surface area contributed by atoms with E-state index in [2.05, 4.69) is 5.32 Å². The Balaban J connectivity index is 2.55. The van der Waals surface area contributed by atoms with Crippen LogP contribution < -0.4 is 5.32 Å². The molecule has 166 valence electrons. The third kappa shape index (κ3) is 6.70. The Labute approximate surface area is 178 Å². The van der Waals surface area contributed by atoms with Gasteiger partial charge in [0.1, 0.15) is 0 Å². The van der Waals surface area contributed by atoms with Crippen molar-refractivity contribution in [3.63, 3.8) is 0 Å². The van der Waals surface area contributed by atoms with Crippen molar-refractivity contribution in [2.24, 2.45) is 0 Å². The topological polar surface area (TPSA) is 91.6 Å². The summed E-state index contributed by atoms with van der Waals surface area (Å²) < 4.78 is 51.1. The van der Waals surface area contributed by atoms with Crippen LogP contribution in [0.2, 0.25) is 0 Å². The van der Waals surface area contributed by atoms with Gasteiger partial charge in [-0.1, -0.05) is 12.1 Å². The summed E-state index contributed by atoms with van der Waals surface area (Å²) >= 11 is 0. The lowest BCUT2D eigenvalue weighted by Crippen LogP contribution is -2.24. The second-order valence-electron chi connectivity index (χ2n) is 6.79. The van der Waals surface area contributed by atoms with Crippen molar-refractivity contribution in [2.75, 3.05) is 25.6 Å². The zero-order valence-corrected chi connectivity index (χ0v) is 17.1. The minimum Gasteiger partial charge on any atom is -0.481 e. The van der Waals surface area contributed by atoms with E-state index >= 15 is 0 Å². The molecule has 0 spiro atoms. The maximum absolute atomic E-state index is 13.7. The highest BCUT2D eigenvalue weighted by atomic mass is 19.4. The highest BCUT2D eigenvalue weighted by Gasteiger charge is 2.43. The summed E-state index contributed by atoms with van der Waals surface area (Å²) in [5.41, 5.74) is 1.39. The molecule has 0 aliphatic heterocycles. The van der Waals surface area contributed by atoms with Gasteiger partial charge in [-0.25, -0.2) is 0 Å². The minimum atomic E-state index is -4.65. The number of carbonyl (C=O) groups is 1. The molecule has 0 heterocycles. The van der Waals surface area contributed by atoms with Crippen LogP contribution in [-0.2, 0) is 14.3 Å². The lowest BCUT2D eigenvalue weighted by molar-refractivity contribution is -0.222. The first-order valence-corrected chi connectivity index (χ1v) is 9.49. The normalized spacial score (nSPS) is 13.3. The molecule has 2 aromatic rings. The van der Waals surface area contributed by atoms with Crippen LogP contribution in [0.25, 0.3) is 0 Å². The second-order valence-corrected chi connectivity index (χ2v) is 6.79. The lowest BCUT2D eigenvalue weighted by Gasteiger charge is -2.25. The predicted octanol–water partition coefficient (Wildman–Crippen LogP) is 5.15. The van der Waals surface area contributed by atoms with Gasteiger partial charge in [0.05, 0.1) is 24.7 Å². The van der Waals surface area contributed by atoms with Crippen molar-refractivity contribution in [1.29, 1.82) is 5.26 Å². The van der Waals surface area contributed by atoms with E-state index in [1.54, 1.807) is 12.1 Å². The summed E-state index contributed by atoms with van der Waals surface area (Å²) in [6.45, 7) is 1.42. The Hall–Kier alpha value is -3.09. The number of carboxylic acid groups (broad SMARTS) is 1. The largest absolute Gasteiger partial charge is 0.481 e. The van der Waals surface area contributed by atoms with Gasteiger partial charge in [0.25, 0.3) is 0 Å². The van der Waals surface area contributed by atoms with Gasteiger partial charge in [-0.3, -0.25) is 4.79 Å². The number of carboxylic acids is 1. The van der Waals surface area contributed by atoms with Crippen molar-refractivity contribution in [3.8, 4) is 6.07 Å². The van der Waals surface area contributed by atoms with Gasteiger partial charge in [0.2, 0.25) is 0 Å². The van der Waals surface area contributed by atoms with Crippen LogP contribution >= 0.6 is 0 Å². The first-order chi connectivity index (χ1) is 14.7. The molecule has 2 atom stereocenters. The molecule has 0 fully saturated rings. The third-order valence-corrected chi connectivity index (χ3v) is 4.54. The molecular weight excluding hydrogens is 413 g/mol. The average molecular weight is 436 g/mol. The molecule has 0 aliphatic rings. The van der Waals surface area contributed by atoms with Crippen LogP contribution in [0, 0.1) is 11.3 Å². The van der Waals surface area contributed by atoms with Crippen molar-refractivity contribution >= 4 is 17.3 Å². The van der Waals surface area contributed by atoms with E-state index in [1.165, 1.54) is 44.4 Å². The molecule has 2 N–H and O–H groups in total. The highest BCUT2D eigenvalue weighted by Crippen LogP contribution is 2.41.